The Bertz CT molecular complexity index is 978. The Hall–Kier alpha value is -2.47. The van der Waals surface area contributed by atoms with E-state index in [1.807, 2.05) is 51.2 Å². The van der Waals surface area contributed by atoms with Gasteiger partial charge in [-0.2, -0.15) is 0 Å². The molecule has 1 aromatic heterocycles. The molecule has 4 nitrogen and oxygen atoms in total. The molecule has 28 heavy (non-hydrogen) atoms. The van der Waals surface area contributed by atoms with E-state index in [9.17, 15) is 9.18 Å². The normalized spacial score (nSPS) is 11.6. The van der Waals surface area contributed by atoms with Gasteiger partial charge in [0.25, 0.3) is 0 Å². The number of H-pyrrole nitrogens is 1. The lowest BCUT2D eigenvalue weighted by atomic mass is 10.1. The molecule has 0 unspecified atom stereocenters. The second kappa shape index (κ2) is 8.27. The molecule has 0 spiro atoms. The molecule has 3 rings (SSSR count). The first-order valence-corrected chi connectivity index (χ1v) is 10.0. The maximum absolute atomic E-state index is 13.9. The first kappa shape index (κ1) is 20.3. The van der Waals surface area contributed by atoms with Gasteiger partial charge in [0, 0.05) is 35.0 Å². The highest BCUT2D eigenvalue weighted by Gasteiger charge is 2.19. The van der Waals surface area contributed by atoms with E-state index in [1.165, 1.54) is 6.07 Å². The van der Waals surface area contributed by atoms with Gasteiger partial charge in [-0.25, -0.2) is 9.18 Å². The number of rotatable bonds is 5. The number of amides is 1. The van der Waals surface area contributed by atoms with Crippen LogP contribution in [0.2, 0.25) is 0 Å². The molecule has 6 heteroatoms. The molecule has 1 amide bonds. The molecule has 0 bridgehead atoms. The number of para-hydroxylation sites is 1. The molecule has 2 aromatic carbocycles. The second-order valence-electron chi connectivity index (χ2n) is 7.68. The lowest BCUT2D eigenvalue weighted by molar-refractivity contribution is 0.0300. The Morgan fingerprint density at radius 1 is 1.14 bits per heavy atom. The molecule has 0 atom stereocenters. The quantitative estimate of drug-likeness (QED) is 0.583. The van der Waals surface area contributed by atoms with E-state index >= 15 is 0 Å². The number of ether oxygens (including phenoxy) is 1. The van der Waals surface area contributed by atoms with Crippen LogP contribution in [0.3, 0.4) is 0 Å². The average Bonchev–Trinajstić information content (AvgIpc) is 3.03. The number of likely N-dealkylation sites (N-methyl/N-ethyl adjacent to an activating group) is 1. The highest BCUT2D eigenvalue weighted by molar-refractivity contribution is 7.99. The molecule has 148 valence electrons. The number of carbonyl (C=O) groups is 1. The van der Waals surface area contributed by atoms with Gasteiger partial charge < -0.3 is 14.6 Å². The van der Waals surface area contributed by atoms with Crippen molar-refractivity contribution in [2.24, 2.45) is 0 Å². The van der Waals surface area contributed by atoms with Crippen LogP contribution in [0.5, 0.6) is 0 Å². The monoisotopic (exact) mass is 400 g/mol. The SMILES string of the molecule is CN(CCc1ccccc1Sc1c[nH]c2c(F)cccc12)C(=O)OC(C)(C)C. The summed E-state index contributed by atoms with van der Waals surface area (Å²) < 4.78 is 19.3. The Morgan fingerprint density at radius 2 is 1.89 bits per heavy atom. The number of benzene rings is 2. The highest BCUT2D eigenvalue weighted by atomic mass is 32.2. The smallest absolute Gasteiger partial charge is 0.410 e. The summed E-state index contributed by atoms with van der Waals surface area (Å²) in [4.78, 5) is 18.8. The molecular formula is C22H25FN2O2S. The van der Waals surface area contributed by atoms with Crippen LogP contribution < -0.4 is 0 Å². The Morgan fingerprint density at radius 3 is 2.64 bits per heavy atom. The molecule has 0 saturated heterocycles. The van der Waals surface area contributed by atoms with Crippen LogP contribution in [-0.4, -0.2) is 35.2 Å². The summed E-state index contributed by atoms with van der Waals surface area (Å²) in [6.07, 6.45) is 2.21. The number of halogens is 1. The first-order valence-electron chi connectivity index (χ1n) is 9.20. The van der Waals surface area contributed by atoms with Crippen LogP contribution in [0.25, 0.3) is 10.9 Å². The molecule has 3 aromatic rings. The molecule has 0 fully saturated rings. The van der Waals surface area contributed by atoms with Gasteiger partial charge in [-0.15, -0.1) is 0 Å². The number of nitrogens with zero attached hydrogens (tertiary/aromatic N) is 1. The Labute approximate surface area is 169 Å². The van der Waals surface area contributed by atoms with Crippen molar-refractivity contribution in [1.29, 1.82) is 0 Å². The number of nitrogens with one attached hydrogen (secondary N) is 1. The number of aromatic nitrogens is 1. The predicted molar refractivity (Wildman–Crippen MR) is 111 cm³/mol. The second-order valence-corrected chi connectivity index (χ2v) is 8.76. The van der Waals surface area contributed by atoms with Crippen LogP contribution >= 0.6 is 11.8 Å². The van der Waals surface area contributed by atoms with Crippen molar-refractivity contribution in [3.63, 3.8) is 0 Å². The lowest BCUT2D eigenvalue weighted by Gasteiger charge is -2.24. The van der Waals surface area contributed by atoms with Gasteiger partial charge in [-0.3, -0.25) is 0 Å². The van der Waals surface area contributed by atoms with Crippen molar-refractivity contribution in [1.82, 2.24) is 9.88 Å². The summed E-state index contributed by atoms with van der Waals surface area (Å²) in [5.74, 6) is -0.253. The molecule has 0 aliphatic carbocycles. The topological polar surface area (TPSA) is 45.3 Å². The number of aromatic amines is 1. The van der Waals surface area contributed by atoms with Gasteiger partial charge in [0.2, 0.25) is 0 Å². The van der Waals surface area contributed by atoms with Crippen LogP contribution in [0.1, 0.15) is 26.3 Å². The molecule has 0 saturated carbocycles. The van der Waals surface area contributed by atoms with Crippen molar-refractivity contribution < 1.29 is 13.9 Å². The fraction of sp³-hybridized carbons (Fsp3) is 0.318. The summed E-state index contributed by atoms with van der Waals surface area (Å²) in [6, 6.07) is 13.2. The minimum atomic E-state index is -0.510. The fourth-order valence-electron chi connectivity index (χ4n) is 2.82. The van der Waals surface area contributed by atoms with E-state index in [1.54, 1.807) is 29.8 Å². The molecule has 1 N–H and O–H groups in total. The third-order valence-electron chi connectivity index (χ3n) is 4.24. The third-order valence-corrected chi connectivity index (χ3v) is 5.42. The van der Waals surface area contributed by atoms with Crippen LogP contribution in [-0.2, 0) is 11.2 Å². The predicted octanol–water partition coefficient (Wildman–Crippen LogP) is 5.87. The summed E-state index contributed by atoms with van der Waals surface area (Å²) in [5.41, 5.74) is 1.14. The van der Waals surface area contributed by atoms with Crippen molar-refractivity contribution in [2.75, 3.05) is 13.6 Å². The molecule has 0 aliphatic rings. The Kier molecular flexibility index (Phi) is 5.98. The fourth-order valence-corrected chi connectivity index (χ4v) is 3.91. The average molecular weight is 401 g/mol. The van der Waals surface area contributed by atoms with Gasteiger partial charge in [-0.05, 0) is 44.9 Å². The van der Waals surface area contributed by atoms with Gasteiger partial charge in [0.1, 0.15) is 11.4 Å². The number of carbonyl (C=O) groups excluding carboxylic acids is 1. The van der Waals surface area contributed by atoms with Crippen LogP contribution in [0.15, 0.2) is 58.5 Å². The summed E-state index contributed by atoms with van der Waals surface area (Å²) in [6.45, 7) is 6.12. The van der Waals surface area contributed by atoms with Crippen LogP contribution in [0, 0.1) is 5.82 Å². The van der Waals surface area contributed by atoms with E-state index in [2.05, 4.69) is 11.1 Å². The molecule has 0 aliphatic heterocycles. The van der Waals surface area contributed by atoms with E-state index in [-0.39, 0.29) is 11.9 Å². The van der Waals surface area contributed by atoms with Crippen LogP contribution in [0.4, 0.5) is 9.18 Å². The minimum absolute atomic E-state index is 0.253. The van der Waals surface area contributed by atoms with E-state index in [4.69, 9.17) is 4.74 Å². The number of hydrogen-bond donors (Lipinski definition) is 1. The van der Waals surface area contributed by atoms with Crippen molar-refractivity contribution in [2.45, 2.75) is 42.6 Å². The molecule has 1 heterocycles. The zero-order chi connectivity index (χ0) is 20.3. The zero-order valence-corrected chi connectivity index (χ0v) is 17.4. The standard InChI is InChI=1S/C22H25FN2O2S/c1-22(2,3)27-21(26)25(4)13-12-15-8-5-6-11-18(15)28-19-14-24-20-16(19)9-7-10-17(20)23/h5-11,14,24H,12-13H2,1-4H3. The van der Waals surface area contributed by atoms with Crippen molar-refractivity contribution >= 4 is 28.8 Å². The van der Waals surface area contributed by atoms with E-state index in [0.29, 0.717) is 18.5 Å². The van der Waals surface area contributed by atoms with E-state index in [0.717, 1.165) is 20.7 Å². The van der Waals surface area contributed by atoms with Gasteiger partial charge in [0.05, 0.1) is 5.52 Å². The molecule has 0 radical (unpaired) electrons. The number of hydrogen-bond acceptors (Lipinski definition) is 3. The summed E-state index contributed by atoms with van der Waals surface area (Å²) >= 11 is 1.60. The zero-order valence-electron chi connectivity index (χ0n) is 16.6. The molecular weight excluding hydrogens is 375 g/mol. The van der Waals surface area contributed by atoms with Gasteiger partial charge in [-0.1, -0.05) is 42.1 Å². The maximum Gasteiger partial charge on any atom is 0.410 e. The minimum Gasteiger partial charge on any atom is -0.444 e. The number of fused-ring (bicyclic) bond motifs is 1. The van der Waals surface area contributed by atoms with E-state index < -0.39 is 5.60 Å². The van der Waals surface area contributed by atoms with Crippen molar-refractivity contribution in [3.8, 4) is 0 Å². The third kappa shape index (κ3) is 4.87. The Balaban J connectivity index is 1.73. The summed E-state index contributed by atoms with van der Waals surface area (Å²) in [7, 11) is 1.74. The lowest BCUT2D eigenvalue weighted by Crippen LogP contribution is -2.35. The first-order chi connectivity index (χ1) is 13.2. The van der Waals surface area contributed by atoms with Gasteiger partial charge >= 0.3 is 6.09 Å². The largest absolute Gasteiger partial charge is 0.444 e. The van der Waals surface area contributed by atoms with Gasteiger partial charge in [0.15, 0.2) is 0 Å². The highest BCUT2D eigenvalue weighted by Crippen LogP contribution is 2.36. The summed E-state index contributed by atoms with van der Waals surface area (Å²) in [5, 5.41) is 0.866. The van der Waals surface area contributed by atoms with Crippen molar-refractivity contribution in [3.05, 3.63) is 60.0 Å². The maximum atomic E-state index is 13.9.